The predicted octanol–water partition coefficient (Wildman–Crippen LogP) is 7.68. The van der Waals surface area contributed by atoms with E-state index >= 15 is 0 Å². The van der Waals surface area contributed by atoms with Crippen LogP contribution in [0, 0.1) is 0 Å². The number of carbonyl (C=O) groups is 2. The van der Waals surface area contributed by atoms with Gasteiger partial charge >= 0.3 is 11.9 Å². The summed E-state index contributed by atoms with van der Waals surface area (Å²) in [7, 11) is 0. The topological polar surface area (TPSA) is 108 Å². The Labute approximate surface area is 267 Å². The minimum Gasteiger partial charge on any atom is -0.490 e. The van der Waals surface area contributed by atoms with Crippen LogP contribution >= 0.6 is 0 Å². The van der Waals surface area contributed by atoms with Gasteiger partial charge in [-0.3, -0.25) is 4.89 Å². The summed E-state index contributed by atoms with van der Waals surface area (Å²) in [5.74, 6) is 0.541. The van der Waals surface area contributed by atoms with E-state index in [1.165, 1.54) is 6.92 Å². The number of ether oxygens (including phenoxy) is 6. The minimum absolute atomic E-state index is 0.104. The maximum atomic E-state index is 12.7. The van der Waals surface area contributed by atoms with Gasteiger partial charge in [-0.1, -0.05) is 46.9 Å². The highest BCUT2D eigenvalue weighted by Gasteiger charge is 2.37. The molecule has 2 aromatic carbocycles. The SMILES string of the molecule is C=C(C)C(=O)OOc1ccc(C(C)(C)c2cc(OCC)c(OC(=O)C(=C)C)c(OCC)c2OCC)c(OCCC)c1OCCC. The van der Waals surface area contributed by atoms with Crippen LogP contribution in [0.2, 0.25) is 0 Å². The molecule has 0 aromatic heterocycles. The van der Waals surface area contributed by atoms with E-state index in [9.17, 15) is 9.59 Å². The first-order chi connectivity index (χ1) is 21.4. The van der Waals surface area contributed by atoms with E-state index in [-0.39, 0.29) is 40.8 Å². The molecular weight excluding hydrogens is 580 g/mol. The molecule has 0 unspecified atom stereocenters. The first kappa shape index (κ1) is 36.8. The normalized spacial score (nSPS) is 10.9. The second-order valence-electron chi connectivity index (χ2n) is 10.7. The summed E-state index contributed by atoms with van der Waals surface area (Å²) in [4.78, 5) is 35.3. The average Bonchev–Trinajstić information content (AvgIpc) is 3.00. The van der Waals surface area contributed by atoms with E-state index in [0.29, 0.717) is 55.7 Å². The second kappa shape index (κ2) is 17.2. The van der Waals surface area contributed by atoms with Gasteiger partial charge in [0.2, 0.25) is 23.0 Å². The largest absolute Gasteiger partial charge is 0.490 e. The van der Waals surface area contributed by atoms with Crippen LogP contribution in [0.15, 0.2) is 42.5 Å². The molecule has 0 atom stereocenters. The van der Waals surface area contributed by atoms with Gasteiger partial charge in [0.25, 0.3) is 0 Å². The Morgan fingerprint density at radius 1 is 0.644 bits per heavy atom. The highest BCUT2D eigenvalue weighted by Crippen LogP contribution is 2.55. The third-order valence-electron chi connectivity index (χ3n) is 6.46. The van der Waals surface area contributed by atoms with Crippen molar-refractivity contribution in [3.8, 4) is 40.2 Å². The zero-order chi connectivity index (χ0) is 33.7. The quantitative estimate of drug-likeness (QED) is 0.0505. The van der Waals surface area contributed by atoms with Crippen molar-refractivity contribution in [2.24, 2.45) is 0 Å². The molecule has 45 heavy (non-hydrogen) atoms. The molecule has 0 saturated carbocycles. The summed E-state index contributed by atoms with van der Waals surface area (Å²) in [6, 6.07) is 5.26. The van der Waals surface area contributed by atoms with Crippen LogP contribution in [0.1, 0.15) is 86.3 Å². The molecular formula is C35H48O10. The van der Waals surface area contributed by atoms with Crippen LogP contribution in [0.25, 0.3) is 0 Å². The fourth-order valence-corrected chi connectivity index (χ4v) is 4.26. The summed E-state index contributed by atoms with van der Waals surface area (Å²) in [5.41, 5.74) is 0.951. The van der Waals surface area contributed by atoms with Gasteiger partial charge in [0, 0.05) is 27.7 Å². The van der Waals surface area contributed by atoms with Crippen molar-refractivity contribution in [2.45, 2.75) is 80.6 Å². The summed E-state index contributed by atoms with van der Waals surface area (Å²) >= 11 is 0. The number of benzene rings is 2. The number of hydrogen-bond acceptors (Lipinski definition) is 10. The molecule has 0 fully saturated rings. The maximum Gasteiger partial charge on any atom is 0.381 e. The Morgan fingerprint density at radius 3 is 1.71 bits per heavy atom. The molecule has 0 saturated heterocycles. The average molecular weight is 629 g/mol. The molecule has 0 aliphatic rings. The molecule has 0 aliphatic carbocycles. The fraction of sp³-hybridized carbons (Fsp3) is 0.486. The summed E-state index contributed by atoms with van der Waals surface area (Å²) in [5, 5.41) is 0. The van der Waals surface area contributed by atoms with Crippen LogP contribution in [-0.4, -0.2) is 45.0 Å². The molecule has 0 aliphatic heterocycles. The van der Waals surface area contributed by atoms with Gasteiger partial charge in [0.15, 0.2) is 17.2 Å². The fourth-order valence-electron chi connectivity index (χ4n) is 4.26. The lowest BCUT2D eigenvalue weighted by Crippen LogP contribution is -2.23. The Kier molecular flexibility index (Phi) is 14.1. The van der Waals surface area contributed by atoms with E-state index in [1.54, 1.807) is 19.1 Å². The molecule has 0 radical (unpaired) electrons. The van der Waals surface area contributed by atoms with Gasteiger partial charge in [0.1, 0.15) is 0 Å². The molecule has 10 heteroatoms. The second-order valence-corrected chi connectivity index (χ2v) is 10.7. The third kappa shape index (κ3) is 9.09. The van der Waals surface area contributed by atoms with Crippen LogP contribution in [0.3, 0.4) is 0 Å². The molecule has 2 rings (SSSR count). The van der Waals surface area contributed by atoms with Crippen molar-refractivity contribution < 1.29 is 47.8 Å². The van der Waals surface area contributed by atoms with E-state index < -0.39 is 17.4 Å². The Balaban J connectivity index is 2.95. The predicted molar refractivity (Wildman–Crippen MR) is 172 cm³/mol. The molecule has 2 aromatic rings. The highest BCUT2D eigenvalue weighted by molar-refractivity contribution is 5.90. The van der Waals surface area contributed by atoms with Crippen molar-refractivity contribution in [3.63, 3.8) is 0 Å². The van der Waals surface area contributed by atoms with Gasteiger partial charge in [-0.25, -0.2) is 14.5 Å². The molecule has 0 spiro atoms. The lowest BCUT2D eigenvalue weighted by molar-refractivity contribution is -0.209. The van der Waals surface area contributed by atoms with Gasteiger partial charge in [-0.2, -0.15) is 0 Å². The highest BCUT2D eigenvalue weighted by atomic mass is 17.2. The van der Waals surface area contributed by atoms with Crippen molar-refractivity contribution >= 4 is 11.9 Å². The van der Waals surface area contributed by atoms with Crippen molar-refractivity contribution in [2.75, 3.05) is 33.0 Å². The number of carbonyl (C=O) groups excluding carboxylic acids is 2. The van der Waals surface area contributed by atoms with E-state index in [1.807, 2.05) is 54.5 Å². The number of hydrogen-bond donors (Lipinski definition) is 0. The zero-order valence-electron chi connectivity index (χ0n) is 28.2. The van der Waals surface area contributed by atoms with Gasteiger partial charge in [-0.05, 0) is 59.6 Å². The maximum absolute atomic E-state index is 12.7. The van der Waals surface area contributed by atoms with Gasteiger partial charge in [0.05, 0.1) is 33.0 Å². The minimum atomic E-state index is -0.848. The number of esters is 1. The molecule has 248 valence electrons. The molecule has 0 bridgehead atoms. The van der Waals surface area contributed by atoms with Crippen molar-refractivity contribution in [1.82, 2.24) is 0 Å². The molecule has 10 nitrogen and oxygen atoms in total. The molecule has 0 N–H and O–H groups in total. The van der Waals surface area contributed by atoms with E-state index in [4.69, 9.17) is 38.2 Å². The smallest absolute Gasteiger partial charge is 0.381 e. The summed E-state index contributed by atoms with van der Waals surface area (Å²) < 4.78 is 36.5. The van der Waals surface area contributed by atoms with Crippen LogP contribution < -0.4 is 33.3 Å². The summed E-state index contributed by atoms with van der Waals surface area (Å²) in [6.45, 7) is 25.5. The Bertz CT molecular complexity index is 1360. The first-order valence-electron chi connectivity index (χ1n) is 15.3. The van der Waals surface area contributed by atoms with Crippen LogP contribution in [-0.2, 0) is 19.9 Å². The zero-order valence-corrected chi connectivity index (χ0v) is 28.2. The van der Waals surface area contributed by atoms with Crippen LogP contribution in [0.5, 0.6) is 40.2 Å². The monoisotopic (exact) mass is 628 g/mol. The molecule has 0 amide bonds. The summed E-state index contributed by atoms with van der Waals surface area (Å²) in [6.07, 6.45) is 1.43. The Morgan fingerprint density at radius 2 is 1.18 bits per heavy atom. The number of rotatable bonds is 19. The van der Waals surface area contributed by atoms with Gasteiger partial charge in [-0.15, -0.1) is 0 Å². The lowest BCUT2D eigenvalue weighted by atomic mass is 9.76. The first-order valence-corrected chi connectivity index (χ1v) is 15.3. The van der Waals surface area contributed by atoms with Crippen LogP contribution in [0.4, 0.5) is 0 Å². The standard InChI is InChI=1S/C35H48O10/c1-12-19-41-28-24(17-18-26(30(28)42-20-13-2)44-45-34(37)23(8)9)35(10,11)25-21-27(38-14-3)31(43-33(36)22(6)7)32(40-16-5)29(25)39-15-4/h17-18,21H,6,8,12-16,19-20H2,1-5,7,9-11H3. The van der Waals surface area contributed by atoms with E-state index in [0.717, 1.165) is 12.0 Å². The molecule has 0 heterocycles. The Hall–Kier alpha value is -4.34. The van der Waals surface area contributed by atoms with Gasteiger partial charge < -0.3 is 28.4 Å². The van der Waals surface area contributed by atoms with Crippen molar-refractivity contribution in [1.29, 1.82) is 0 Å². The van der Waals surface area contributed by atoms with E-state index in [2.05, 4.69) is 13.2 Å². The van der Waals surface area contributed by atoms with Crippen molar-refractivity contribution in [3.05, 3.63) is 53.6 Å². The lowest BCUT2D eigenvalue weighted by Gasteiger charge is -2.32. The third-order valence-corrected chi connectivity index (χ3v) is 6.46.